The van der Waals surface area contributed by atoms with Crippen LogP contribution >= 0.6 is 0 Å². The lowest BCUT2D eigenvalue weighted by molar-refractivity contribution is 0.0992. The van der Waals surface area contributed by atoms with Crippen LogP contribution in [0.25, 0.3) is 0 Å². The SMILES string of the molecule is OCCOCCNc1ccc(N2CCCCC2)cc1. The summed E-state index contributed by atoms with van der Waals surface area (Å²) in [5.74, 6) is 0. The summed E-state index contributed by atoms with van der Waals surface area (Å²) in [4.78, 5) is 2.46. The normalized spacial score (nSPS) is 15.5. The molecule has 4 heteroatoms. The number of piperidine rings is 1. The summed E-state index contributed by atoms with van der Waals surface area (Å²) < 4.78 is 5.20. The second-order valence-corrected chi connectivity index (χ2v) is 4.86. The second kappa shape index (κ2) is 8.02. The molecule has 2 rings (SSSR count). The predicted molar refractivity (Wildman–Crippen MR) is 78.9 cm³/mol. The van der Waals surface area contributed by atoms with Gasteiger partial charge in [-0.15, -0.1) is 0 Å². The third-order valence-electron chi connectivity index (χ3n) is 3.40. The molecule has 0 atom stereocenters. The Kier molecular flexibility index (Phi) is 5.98. The fourth-order valence-corrected chi connectivity index (χ4v) is 2.38. The van der Waals surface area contributed by atoms with Crippen LogP contribution in [0.3, 0.4) is 0 Å². The zero-order valence-corrected chi connectivity index (χ0v) is 11.5. The lowest BCUT2D eigenvalue weighted by Crippen LogP contribution is -2.29. The molecule has 106 valence electrons. The van der Waals surface area contributed by atoms with Crippen molar-refractivity contribution in [2.75, 3.05) is 49.7 Å². The van der Waals surface area contributed by atoms with Crippen molar-refractivity contribution in [3.8, 4) is 0 Å². The molecule has 1 aromatic carbocycles. The third-order valence-corrected chi connectivity index (χ3v) is 3.40. The van der Waals surface area contributed by atoms with Crippen LogP contribution in [-0.4, -0.2) is 44.6 Å². The molecule has 0 unspecified atom stereocenters. The molecule has 1 aliphatic heterocycles. The topological polar surface area (TPSA) is 44.7 Å². The molecule has 1 aliphatic rings. The predicted octanol–water partition coefficient (Wildman–Crippen LogP) is 2.10. The van der Waals surface area contributed by atoms with E-state index in [4.69, 9.17) is 9.84 Å². The van der Waals surface area contributed by atoms with E-state index in [0.717, 1.165) is 12.2 Å². The molecule has 0 radical (unpaired) electrons. The number of nitrogens with zero attached hydrogens (tertiary/aromatic N) is 1. The Morgan fingerprint density at radius 3 is 2.47 bits per heavy atom. The van der Waals surface area contributed by atoms with Gasteiger partial charge >= 0.3 is 0 Å². The lowest BCUT2D eigenvalue weighted by Gasteiger charge is -2.28. The van der Waals surface area contributed by atoms with E-state index < -0.39 is 0 Å². The fraction of sp³-hybridized carbons (Fsp3) is 0.600. The zero-order valence-electron chi connectivity index (χ0n) is 11.5. The molecule has 2 N–H and O–H groups in total. The summed E-state index contributed by atoms with van der Waals surface area (Å²) in [5, 5.41) is 11.9. The maximum absolute atomic E-state index is 8.59. The summed E-state index contributed by atoms with van der Waals surface area (Å²) in [6, 6.07) is 8.61. The van der Waals surface area contributed by atoms with Gasteiger partial charge in [-0.1, -0.05) is 0 Å². The van der Waals surface area contributed by atoms with E-state index in [0.29, 0.717) is 13.2 Å². The maximum Gasteiger partial charge on any atom is 0.0698 e. The van der Waals surface area contributed by atoms with Gasteiger partial charge in [-0.05, 0) is 43.5 Å². The first-order valence-corrected chi connectivity index (χ1v) is 7.17. The second-order valence-electron chi connectivity index (χ2n) is 4.86. The quantitative estimate of drug-likeness (QED) is 0.740. The average Bonchev–Trinajstić information content (AvgIpc) is 2.49. The fourth-order valence-electron chi connectivity index (χ4n) is 2.38. The van der Waals surface area contributed by atoms with Crippen molar-refractivity contribution in [2.45, 2.75) is 19.3 Å². The van der Waals surface area contributed by atoms with E-state index in [9.17, 15) is 0 Å². The molecule has 4 nitrogen and oxygen atoms in total. The number of aliphatic hydroxyl groups excluding tert-OH is 1. The van der Waals surface area contributed by atoms with Crippen LogP contribution in [0.2, 0.25) is 0 Å². The van der Waals surface area contributed by atoms with Crippen LogP contribution in [0.5, 0.6) is 0 Å². The molecule has 0 saturated carbocycles. The van der Waals surface area contributed by atoms with Crippen molar-refractivity contribution in [2.24, 2.45) is 0 Å². The minimum Gasteiger partial charge on any atom is -0.394 e. The van der Waals surface area contributed by atoms with Gasteiger partial charge in [0.1, 0.15) is 0 Å². The number of benzene rings is 1. The van der Waals surface area contributed by atoms with Gasteiger partial charge in [-0.3, -0.25) is 0 Å². The van der Waals surface area contributed by atoms with Crippen molar-refractivity contribution in [3.63, 3.8) is 0 Å². The van der Waals surface area contributed by atoms with Gasteiger partial charge in [-0.2, -0.15) is 0 Å². The van der Waals surface area contributed by atoms with Gasteiger partial charge in [-0.25, -0.2) is 0 Å². The van der Waals surface area contributed by atoms with Crippen LogP contribution in [-0.2, 0) is 4.74 Å². The standard InChI is InChI=1S/C15H24N2O2/c18-11-13-19-12-8-16-14-4-6-15(7-5-14)17-9-2-1-3-10-17/h4-7,16,18H,1-3,8-13H2. The Morgan fingerprint density at radius 2 is 1.79 bits per heavy atom. The van der Waals surface area contributed by atoms with E-state index >= 15 is 0 Å². The van der Waals surface area contributed by atoms with Crippen LogP contribution in [0.15, 0.2) is 24.3 Å². The van der Waals surface area contributed by atoms with E-state index in [1.807, 2.05) is 0 Å². The lowest BCUT2D eigenvalue weighted by atomic mass is 10.1. The summed E-state index contributed by atoms with van der Waals surface area (Å²) in [7, 11) is 0. The van der Waals surface area contributed by atoms with E-state index in [-0.39, 0.29) is 6.61 Å². The van der Waals surface area contributed by atoms with E-state index in [1.54, 1.807) is 0 Å². The van der Waals surface area contributed by atoms with E-state index in [1.165, 1.54) is 38.0 Å². The molecule has 0 bridgehead atoms. The van der Waals surface area contributed by atoms with E-state index in [2.05, 4.69) is 34.5 Å². The van der Waals surface area contributed by atoms with Crippen molar-refractivity contribution < 1.29 is 9.84 Å². The first-order valence-electron chi connectivity index (χ1n) is 7.17. The third kappa shape index (κ3) is 4.73. The van der Waals surface area contributed by atoms with Gasteiger partial charge in [0.15, 0.2) is 0 Å². The average molecular weight is 264 g/mol. The van der Waals surface area contributed by atoms with Gasteiger partial charge in [0.25, 0.3) is 0 Å². The molecule has 19 heavy (non-hydrogen) atoms. The molecule has 0 aromatic heterocycles. The molecule has 0 spiro atoms. The van der Waals surface area contributed by atoms with Crippen molar-refractivity contribution >= 4 is 11.4 Å². The Hall–Kier alpha value is -1.26. The van der Waals surface area contributed by atoms with Crippen LogP contribution < -0.4 is 10.2 Å². The van der Waals surface area contributed by atoms with Gasteiger partial charge in [0.05, 0.1) is 19.8 Å². The molecule has 1 saturated heterocycles. The number of aliphatic hydroxyl groups is 1. The highest BCUT2D eigenvalue weighted by Crippen LogP contribution is 2.21. The van der Waals surface area contributed by atoms with Crippen LogP contribution in [0, 0.1) is 0 Å². The van der Waals surface area contributed by atoms with Crippen LogP contribution in [0.1, 0.15) is 19.3 Å². The summed E-state index contributed by atoms with van der Waals surface area (Å²) in [6.07, 6.45) is 3.98. The van der Waals surface area contributed by atoms with Crippen molar-refractivity contribution in [1.82, 2.24) is 0 Å². The number of rotatable bonds is 7. The molecule has 1 aromatic rings. The number of nitrogens with one attached hydrogen (secondary N) is 1. The number of hydrogen-bond donors (Lipinski definition) is 2. The molecule has 0 aliphatic carbocycles. The molecule has 0 amide bonds. The Morgan fingerprint density at radius 1 is 1.05 bits per heavy atom. The minimum atomic E-state index is 0.0878. The summed E-state index contributed by atoms with van der Waals surface area (Å²) >= 11 is 0. The number of hydrogen-bond acceptors (Lipinski definition) is 4. The Bertz CT molecular complexity index is 348. The smallest absolute Gasteiger partial charge is 0.0698 e. The first kappa shape index (κ1) is 14.2. The van der Waals surface area contributed by atoms with Crippen molar-refractivity contribution in [1.29, 1.82) is 0 Å². The van der Waals surface area contributed by atoms with Gasteiger partial charge in [0, 0.05) is 31.0 Å². The highest BCUT2D eigenvalue weighted by Gasteiger charge is 2.10. The first-order chi connectivity index (χ1) is 9.40. The molecular weight excluding hydrogens is 240 g/mol. The largest absolute Gasteiger partial charge is 0.394 e. The molecule has 1 fully saturated rings. The highest BCUT2D eigenvalue weighted by molar-refractivity contribution is 5.55. The number of ether oxygens (including phenoxy) is 1. The monoisotopic (exact) mass is 264 g/mol. The molecule has 1 heterocycles. The maximum atomic E-state index is 8.59. The summed E-state index contributed by atoms with van der Waals surface area (Å²) in [6.45, 7) is 4.25. The van der Waals surface area contributed by atoms with Gasteiger partial charge in [0.2, 0.25) is 0 Å². The van der Waals surface area contributed by atoms with Crippen LogP contribution in [0.4, 0.5) is 11.4 Å². The summed E-state index contributed by atoms with van der Waals surface area (Å²) in [5.41, 5.74) is 2.44. The number of anilines is 2. The Labute approximate surface area is 115 Å². The highest BCUT2D eigenvalue weighted by atomic mass is 16.5. The minimum absolute atomic E-state index is 0.0878. The molecular formula is C15H24N2O2. The zero-order chi connectivity index (χ0) is 13.3. The van der Waals surface area contributed by atoms with Crippen molar-refractivity contribution in [3.05, 3.63) is 24.3 Å². The Balaban J connectivity index is 1.74. The van der Waals surface area contributed by atoms with Gasteiger partial charge < -0.3 is 20.1 Å².